The Morgan fingerprint density at radius 2 is 1.85 bits per heavy atom. The largest absolute Gasteiger partial charge is 0.391 e. The highest BCUT2D eigenvalue weighted by Crippen LogP contribution is 2.33. The van der Waals surface area contributed by atoms with Gasteiger partial charge in [0.05, 0.1) is 17.2 Å². The third-order valence-corrected chi connectivity index (χ3v) is 4.07. The smallest absolute Gasteiger partial charge is 0.185 e. The molecule has 0 amide bonds. The van der Waals surface area contributed by atoms with E-state index in [2.05, 4.69) is 32.7 Å². The van der Waals surface area contributed by atoms with Gasteiger partial charge in [0.25, 0.3) is 0 Å². The molecule has 1 aromatic carbocycles. The first-order valence-corrected chi connectivity index (χ1v) is 7.59. The van der Waals surface area contributed by atoms with E-state index in [0.29, 0.717) is 0 Å². The van der Waals surface area contributed by atoms with Crippen LogP contribution in [0.15, 0.2) is 30.3 Å². The van der Waals surface area contributed by atoms with Crippen molar-refractivity contribution in [2.75, 3.05) is 18.5 Å². The summed E-state index contributed by atoms with van der Waals surface area (Å²) in [5.74, 6) is 0. The summed E-state index contributed by atoms with van der Waals surface area (Å²) in [4.78, 5) is 7.81. The van der Waals surface area contributed by atoms with Gasteiger partial charge in [-0.3, -0.25) is 0 Å². The highest BCUT2D eigenvalue weighted by molar-refractivity contribution is 7.16. The number of hydrogen-bond donors (Lipinski definition) is 1. The van der Waals surface area contributed by atoms with E-state index in [1.807, 2.05) is 30.3 Å². The molecular weight excluding hydrogens is 268 g/mol. The van der Waals surface area contributed by atoms with E-state index in [0.717, 1.165) is 27.8 Å². The number of anilines is 1. The molecule has 0 bridgehead atoms. The molecule has 0 aliphatic carbocycles. The van der Waals surface area contributed by atoms with E-state index in [-0.39, 0.29) is 12.0 Å². The third-order valence-electron chi connectivity index (χ3n) is 2.91. The average Bonchev–Trinajstić information content (AvgIpc) is 2.82. The molecule has 1 heterocycles. The van der Waals surface area contributed by atoms with Gasteiger partial charge in [0.15, 0.2) is 5.13 Å². The number of nitrogens with zero attached hydrogens (tertiary/aromatic N) is 2. The number of hydrogen-bond acceptors (Lipinski definition) is 4. The Morgan fingerprint density at radius 3 is 2.40 bits per heavy atom. The van der Waals surface area contributed by atoms with E-state index in [1.165, 1.54) is 0 Å². The van der Waals surface area contributed by atoms with Crippen molar-refractivity contribution < 1.29 is 5.11 Å². The van der Waals surface area contributed by atoms with Crippen LogP contribution in [0.1, 0.15) is 25.6 Å². The molecule has 3 nitrogen and oxygen atoms in total. The zero-order chi connectivity index (χ0) is 14.8. The molecule has 0 aliphatic heterocycles. The van der Waals surface area contributed by atoms with E-state index < -0.39 is 0 Å². The minimum Gasteiger partial charge on any atom is -0.391 e. The SMILES string of the molecule is CN(CC(C)(C)C)c1nc(-c2ccccc2)c(CO)s1. The second-order valence-electron chi connectivity index (χ2n) is 6.21. The van der Waals surface area contributed by atoms with E-state index in [1.54, 1.807) is 11.3 Å². The van der Waals surface area contributed by atoms with Gasteiger partial charge in [-0.25, -0.2) is 4.98 Å². The van der Waals surface area contributed by atoms with Crippen LogP contribution in [0.4, 0.5) is 5.13 Å². The number of thiazole rings is 1. The summed E-state index contributed by atoms with van der Waals surface area (Å²) in [7, 11) is 2.06. The van der Waals surface area contributed by atoms with Crippen molar-refractivity contribution in [3.63, 3.8) is 0 Å². The van der Waals surface area contributed by atoms with Gasteiger partial charge in [-0.2, -0.15) is 0 Å². The van der Waals surface area contributed by atoms with Gasteiger partial charge in [-0.1, -0.05) is 62.4 Å². The second kappa shape index (κ2) is 5.94. The zero-order valence-corrected chi connectivity index (χ0v) is 13.4. The van der Waals surface area contributed by atoms with Crippen molar-refractivity contribution in [3.8, 4) is 11.3 Å². The van der Waals surface area contributed by atoms with Crippen LogP contribution >= 0.6 is 11.3 Å². The molecule has 2 aromatic rings. The lowest BCUT2D eigenvalue weighted by Crippen LogP contribution is -2.28. The van der Waals surface area contributed by atoms with Crippen LogP contribution in [-0.4, -0.2) is 23.7 Å². The zero-order valence-electron chi connectivity index (χ0n) is 12.6. The Bertz CT molecular complexity index is 558. The minimum absolute atomic E-state index is 0.0330. The minimum atomic E-state index is 0.0330. The highest BCUT2D eigenvalue weighted by atomic mass is 32.1. The number of aliphatic hydroxyl groups is 1. The normalized spacial score (nSPS) is 11.7. The molecule has 0 radical (unpaired) electrons. The molecule has 0 unspecified atom stereocenters. The number of aromatic nitrogens is 1. The number of aliphatic hydroxyl groups excluding tert-OH is 1. The molecule has 1 N–H and O–H groups in total. The van der Waals surface area contributed by atoms with Gasteiger partial charge in [-0.05, 0) is 5.41 Å². The van der Waals surface area contributed by atoms with Gasteiger partial charge < -0.3 is 10.0 Å². The Hall–Kier alpha value is -1.39. The maximum Gasteiger partial charge on any atom is 0.185 e. The first-order chi connectivity index (χ1) is 9.40. The standard InChI is InChI=1S/C16H22N2OS/c1-16(2,3)11-18(4)15-17-14(13(10-19)20-15)12-8-6-5-7-9-12/h5-9,19H,10-11H2,1-4H3. The van der Waals surface area contributed by atoms with Gasteiger partial charge >= 0.3 is 0 Å². The van der Waals surface area contributed by atoms with Crippen molar-refractivity contribution in [2.45, 2.75) is 27.4 Å². The molecule has 4 heteroatoms. The van der Waals surface area contributed by atoms with Crippen LogP contribution < -0.4 is 4.90 Å². The predicted octanol–water partition coefficient (Wildman–Crippen LogP) is 3.78. The molecule has 0 atom stereocenters. The lowest BCUT2D eigenvalue weighted by molar-refractivity contribution is 0.286. The molecule has 108 valence electrons. The predicted molar refractivity (Wildman–Crippen MR) is 86.2 cm³/mol. The van der Waals surface area contributed by atoms with Crippen LogP contribution in [0.2, 0.25) is 0 Å². The maximum absolute atomic E-state index is 9.56. The monoisotopic (exact) mass is 290 g/mol. The number of rotatable bonds is 4. The fourth-order valence-corrected chi connectivity index (χ4v) is 3.11. The topological polar surface area (TPSA) is 36.4 Å². The average molecular weight is 290 g/mol. The summed E-state index contributed by atoms with van der Waals surface area (Å²) in [5.41, 5.74) is 2.17. The summed E-state index contributed by atoms with van der Waals surface area (Å²) in [5, 5.41) is 10.5. The fourth-order valence-electron chi connectivity index (χ4n) is 2.21. The Labute approximate surface area is 124 Å². The van der Waals surface area contributed by atoms with Crippen LogP contribution in [0.3, 0.4) is 0 Å². The van der Waals surface area contributed by atoms with Crippen molar-refractivity contribution >= 4 is 16.5 Å². The Kier molecular flexibility index (Phi) is 4.45. The summed E-state index contributed by atoms with van der Waals surface area (Å²) >= 11 is 1.57. The molecule has 0 saturated carbocycles. The lowest BCUT2D eigenvalue weighted by atomic mass is 9.96. The first kappa shape index (κ1) is 15.0. The van der Waals surface area contributed by atoms with E-state index in [9.17, 15) is 5.11 Å². The van der Waals surface area contributed by atoms with Crippen molar-refractivity contribution in [2.24, 2.45) is 5.41 Å². The maximum atomic E-state index is 9.56. The van der Waals surface area contributed by atoms with Gasteiger partial charge in [-0.15, -0.1) is 0 Å². The second-order valence-corrected chi connectivity index (χ2v) is 7.27. The van der Waals surface area contributed by atoms with Crippen LogP contribution in [0.5, 0.6) is 0 Å². The van der Waals surface area contributed by atoms with Crippen molar-refractivity contribution in [3.05, 3.63) is 35.2 Å². The summed E-state index contributed by atoms with van der Waals surface area (Å²) < 4.78 is 0. The molecular formula is C16H22N2OS. The first-order valence-electron chi connectivity index (χ1n) is 6.78. The molecule has 0 fully saturated rings. The fraction of sp³-hybridized carbons (Fsp3) is 0.438. The highest BCUT2D eigenvalue weighted by Gasteiger charge is 2.19. The summed E-state index contributed by atoms with van der Waals surface area (Å²) in [6.07, 6.45) is 0. The molecule has 0 aliphatic rings. The van der Waals surface area contributed by atoms with Gasteiger partial charge in [0.1, 0.15) is 0 Å². The van der Waals surface area contributed by atoms with Crippen LogP contribution in [-0.2, 0) is 6.61 Å². The summed E-state index contributed by atoms with van der Waals surface area (Å²) in [6.45, 7) is 7.59. The summed E-state index contributed by atoms with van der Waals surface area (Å²) in [6, 6.07) is 10.0. The van der Waals surface area contributed by atoms with E-state index in [4.69, 9.17) is 4.98 Å². The lowest BCUT2D eigenvalue weighted by Gasteiger charge is -2.26. The Balaban J connectivity index is 2.32. The van der Waals surface area contributed by atoms with Crippen LogP contribution in [0.25, 0.3) is 11.3 Å². The van der Waals surface area contributed by atoms with Crippen LogP contribution in [0, 0.1) is 5.41 Å². The van der Waals surface area contributed by atoms with Gasteiger partial charge in [0.2, 0.25) is 0 Å². The Morgan fingerprint density at radius 1 is 1.20 bits per heavy atom. The third kappa shape index (κ3) is 3.58. The molecule has 1 aromatic heterocycles. The van der Waals surface area contributed by atoms with Crippen molar-refractivity contribution in [1.82, 2.24) is 4.98 Å². The van der Waals surface area contributed by atoms with E-state index >= 15 is 0 Å². The number of benzene rings is 1. The van der Waals surface area contributed by atoms with Gasteiger partial charge in [0, 0.05) is 19.2 Å². The van der Waals surface area contributed by atoms with Crippen molar-refractivity contribution in [1.29, 1.82) is 0 Å². The molecule has 0 spiro atoms. The molecule has 0 saturated heterocycles. The molecule has 2 rings (SSSR count). The molecule has 20 heavy (non-hydrogen) atoms. The quantitative estimate of drug-likeness (QED) is 0.931.